The lowest BCUT2D eigenvalue weighted by molar-refractivity contribution is -0.121. The highest BCUT2D eigenvalue weighted by Crippen LogP contribution is 2.21. The Bertz CT molecular complexity index is 2350. The van der Waals surface area contributed by atoms with E-state index >= 15 is 0 Å². The van der Waals surface area contributed by atoms with E-state index in [9.17, 15) is 14.4 Å². The zero-order valence-electron chi connectivity index (χ0n) is 47.6. The predicted octanol–water partition coefficient (Wildman–Crippen LogP) is 10.4. The summed E-state index contributed by atoms with van der Waals surface area (Å²) in [7, 11) is 0. The van der Waals surface area contributed by atoms with Crippen molar-refractivity contribution in [2.75, 3.05) is 26.2 Å². The second-order valence-corrected chi connectivity index (χ2v) is 17.1. The van der Waals surface area contributed by atoms with E-state index in [-0.39, 0.29) is 49.2 Å². The molecule has 2 aromatic carbocycles. The number of nitrogens with two attached hydrogens (primary N) is 3. The molecule has 0 spiro atoms. The highest BCUT2D eigenvalue weighted by molar-refractivity contribution is 5.84. The van der Waals surface area contributed by atoms with Gasteiger partial charge in [0.05, 0.1) is 31.7 Å². The topological polar surface area (TPSA) is 246 Å². The van der Waals surface area contributed by atoms with Gasteiger partial charge in [0.15, 0.2) is 5.96 Å². The molecule has 0 saturated carbocycles. The smallest absolute Gasteiger partial charge is 0.239 e. The molecule has 0 bridgehead atoms. The molecule has 2 heterocycles. The minimum absolute atomic E-state index is 0.000843. The SMILES string of the molecule is C/C=C(/CC(N)/C(=C/CC)NCC(=O)NC(CCCN=C(N)N)/C(=C/CC)NCC(=O)NC(Cc1c[nH]c2ccccc12)/C(=C/CC)NCC(C)=O)N=CCCC.CC.CC.CCC.Cc1c[nH]c2ccccc12. The largest absolute Gasteiger partial charge is 0.380 e. The number of allylic oxidation sites excluding steroid dienone is 4. The first kappa shape index (κ1) is 67.4. The lowest BCUT2D eigenvalue weighted by Gasteiger charge is -2.26. The molecule has 0 radical (unpaired) electrons. The van der Waals surface area contributed by atoms with Crippen LogP contribution < -0.4 is 43.8 Å². The molecule has 412 valence electrons. The summed E-state index contributed by atoms with van der Waals surface area (Å²) in [5, 5.41) is 18.6. The van der Waals surface area contributed by atoms with Gasteiger partial charge in [-0.1, -0.05) is 143 Å². The fourth-order valence-electron chi connectivity index (χ4n) is 7.45. The van der Waals surface area contributed by atoms with E-state index in [4.69, 9.17) is 17.2 Å². The number of carbonyl (C=O) groups is 3. The van der Waals surface area contributed by atoms with Gasteiger partial charge in [-0.2, -0.15) is 0 Å². The van der Waals surface area contributed by atoms with Gasteiger partial charge in [-0.3, -0.25) is 24.4 Å². The van der Waals surface area contributed by atoms with E-state index in [2.05, 4.69) is 92.4 Å². The van der Waals surface area contributed by atoms with Gasteiger partial charge in [-0.25, -0.2) is 0 Å². The van der Waals surface area contributed by atoms with E-state index in [1.54, 1.807) is 0 Å². The summed E-state index contributed by atoms with van der Waals surface area (Å²) in [5.41, 5.74) is 25.5. The van der Waals surface area contributed by atoms with Crippen LogP contribution in [0.15, 0.2) is 118 Å². The molecule has 4 rings (SSSR count). The maximum absolute atomic E-state index is 13.8. The summed E-state index contributed by atoms with van der Waals surface area (Å²) in [5.74, 6) is -0.493. The second-order valence-electron chi connectivity index (χ2n) is 17.1. The van der Waals surface area contributed by atoms with Crippen molar-refractivity contribution in [3.05, 3.63) is 119 Å². The van der Waals surface area contributed by atoms with Gasteiger partial charge >= 0.3 is 0 Å². The number of para-hydroxylation sites is 2. The number of aliphatic imine (C=N–C) groups is 2. The minimum atomic E-state index is -0.453. The molecule has 4 aromatic rings. The molecule has 2 aromatic heterocycles. The van der Waals surface area contributed by atoms with Crippen molar-refractivity contribution in [1.29, 1.82) is 0 Å². The van der Waals surface area contributed by atoms with Crippen molar-refractivity contribution in [3.8, 4) is 0 Å². The Morgan fingerprint density at radius 1 is 0.703 bits per heavy atom. The number of ketones is 1. The van der Waals surface area contributed by atoms with Crippen LogP contribution in [0.25, 0.3) is 21.8 Å². The molecule has 0 fully saturated rings. The zero-order chi connectivity index (χ0) is 55.7. The lowest BCUT2D eigenvalue weighted by Crippen LogP contribution is -2.48. The number of guanidine groups is 1. The van der Waals surface area contributed by atoms with Crippen LogP contribution in [0, 0.1) is 6.92 Å². The Hall–Kier alpha value is -6.61. The number of aryl methyl sites for hydroxylation is 1. The van der Waals surface area contributed by atoms with E-state index in [0.717, 1.165) is 52.8 Å². The molecule has 0 aliphatic carbocycles. The monoisotopic (exact) mass is 1020 g/mol. The number of unbranched alkanes of at least 4 members (excludes halogenated alkanes) is 1. The van der Waals surface area contributed by atoms with Crippen molar-refractivity contribution in [3.63, 3.8) is 0 Å². The van der Waals surface area contributed by atoms with Crippen LogP contribution in [-0.4, -0.2) is 84.0 Å². The zero-order valence-corrected chi connectivity index (χ0v) is 47.6. The summed E-state index contributed by atoms with van der Waals surface area (Å²) in [6, 6.07) is 15.1. The van der Waals surface area contributed by atoms with Gasteiger partial charge in [-0.05, 0) is 82.6 Å². The number of rotatable bonds is 28. The number of nitrogens with one attached hydrogen (secondary N) is 7. The number of aromatic nitrogens is 2. The Balaban J connectivity index is 0.00000266. The van der Waals surface area contributed by atoms with Crippen LogP contribution in [-0.2, 0) is 20.8 Å². The summed E-state index contributed by atoms with van der Waals surface area (Å²) >= 11 is 0. The molecule has 15 nitrogen and oxygen atoms in total. The van der Waals surface area contributed by atoms with Gasteiger partial charge < -0.3 is 53.8 Å². The molecule has 0 aliphatic rings. The number of nitrogens with zero attached hydrogens (tertiary/aromatic N) is 2. The van der Waals surface area contributed by atoms with Crippen LogP contribution in [0.3, 0.4) is 0 Å². The predicted molar refractivity (Wildman–Crippen MR) is 317 cm³/mol. The van der Waals surface area contributed by atoms with Crippen molar-refractivity contribution in [1.82, 2.24) is 36.6 Å². The van der Waals surface area contributed by atoms with E-state index < -0.39 is 12.1 Å². The van der Waals surface area contributed by atoms with Gasteiger partial charge in [0.2, 0.25) is 11.8 Å². The van der Waals surface area contributed by atoms with Crippen LogP contribution in [0.1, 0.15) is 152 Å². The first-order valence-electron chi connectivity index (χ1n) is 27.2. The van der Waals surface area contributed by atoms with Gasteiger partial charge in [0.1, 0.15) is 5.78 Å². The average molecular weight is 1020 g/mol. The lowest BCUT2D eigenvalue weighted by atomic mass is 10.0. The van der Waals surface area contributed by atoms with E-state index in [1.807, 2.05) is 129 Å². The van der Waals surface area contributed by atoms with Crippen LogP contribution in [0.5, 0.6) is 0 Å². The third kappa shape index (κ3) is 27.4. The number of fused-ring (bicyclic) bond motifs is 2. The fraction of sp³-hybridized carbons (Fsp3) is 0.508. The molecule has 3 atom stereocenters. The first-order valence-corrected chi connectivity index (χ1v) is 27.2. The number of carbonyl (C=O) groups excluding carboxylic acids is 3. The Morgan fingerprint density at radius 3 is 1.74 bits per heavy atom. The summed E-state index contributed by atoms with van der Waals surface area (Å²) < 4.78 is 0. The minimum Gasteiger partial charge on any atom is -0.380 e. The first-order chi connectivity index (χ1) is 35.7. The normalized spacial score (nSPS) is 12.8. The molecule has 0 aliphatic heterocycles. The van der Waals surface area contributed by atoms with E-state index in [1.165, 1.54) is 29.8 Å². The molecular formula is C59H98N12O3. The van der Waals surface area contributed by atoms with Crippen molar-refractivity contribution in [2.24, 2.45) is 27.2 Å². The molecule has 15 heteroatoms. The number of amides is 2. The molecule has 3 unspecified atom stereocenters. The van der Waals surface area contributed by atoms with Gasteiger partial charge in [-0.15, -0.1) is 0 Å². The quantitative estimate of drug-likeness (QED) is 0.0148. The maximum atomic E-state index is 13.8. The number of hydrogen-bond donors (Lipinski definition) is 10. The highest BCUT2D eigenvalue weighted by Gasteiger charge is 2.22. The molecular weight excluding hydrogens is 925 g/mol. The van der Waals surface area contributed by atoms with Gasteiger partial charge in [0, 0.05) is 88.6 Å². The number of aromatic amines is 2. The average Bonchev–Trinajstić information content (AvgIpc) is 3.99. The summed E-state index contributed by atoms with van der Waals surface area (Å²) in [6.07, 6.45) is 21.3. The number of hydrogen-bond acceptors (Lipinski definition) is 9. The number of H-pyrrole nitrogens is 2. The number of Topliss-reactive ketones (excluding diaryl/α,β-unsaturated/α-hetero) is 1. The molecule has 0 saturated heterocycles. The van der Waals surface area contributed by atoms with Crippen molar-refractivity contribution < 1.29 is 14.4 Å². The Labute approximate surface area is 445 Å². The van der Waals surface area contributed by atoms with Crippen molar-refractivity contribution in [2.45, 2.75) is 172 Å². The van der Waals surface area contributed by atoms with Crippen molar-refractivity contribution >= 4 is 51.6 Å². The third-order valence-corrected chi connectivity index (χ3v) is 10.8. The van der Waals surface area contributed by atoms with Gasteiger partial charge in [0.25, 0.3) is 0 Å². The molecule has 74 heavy (non-hydrogen) atoms. The van der Waals surface area contributed by atoms with Crippen LogP contribution >= 0.6 is 0 Å². The second kappa shape index (κ2) is 41.8. The number of benzene rings is 2. The standard InChI is InChI=1S/C43H69N11O3.C9H9N.C3H8.2C2H6/c1-7-12-22-47-32(11-5)25-34(44)36(16-8-2)51-28-41(56)53-39(21-15-23-48-43(45)46)37(17-9-3)52-29-42(57)54-40(38(18-10-4)49-26-30(6)55)24-31-27-50-35-20-14-13-19-33(31)35;1-7-6-10-9-5-3-2-4-8(7)9;1-3-2;2*1-2/h11,13-14,16-20,22,27,34,39-40,49-52H,7-10,12,15,21,23-26,28-29,44H2,1-6H3,(H,53,56)(H,54,57)(H4,45,46,48);2-6,10H,1H3;3H2,1-2H3;2*1-2H3/b32-11-,36-16-,37-17-,38-18-,47-22?;;;;. The molecule has 2 amide bonds. The summed E-state index contributed by atoms with van der Waals surface area (Å²) in [6.45, 7) is 26.5. The molecule has 13 N–H and O–H groups in total. The highest BCUT2D eigenvalue weighted by atomic mass is 16.2. The van der Waals surface area contributed by atoms with E-state index in [0.29, 0.717) is 50.8 Å². The summed E-state index contributed by atoms with van der Waals surface area (Å²) in [4.78, 5) is 54.4. The Kier molecular flexibility index (Phi) is 38.1. The van der Waals surface area contributed by atoms with Crippen LogP contribution in [0.4, 0.5) is 0 Å². The maximum Gasteiger partial charge on any atom is 0.239 e. The third-order valence-electron chi connectivity index (χ3n) is 10.8. The fourth-order valence-corrected chi connectivity index (χ4v) is 7.45. The Morgan fingerprint density at radius 2 is 1.20 bits per heavy atom. The van der Waals surface area contributed by atoms with Crippen LogP contribution in [0.2, 0.25) is 0 Å².